The maximum Gasteiger partial charge on any atom is 0.408 e. The van der Waals surface area contributed by atoms with Gasteiger partial charge < -0.3 is 42.1 Å². The summed E-state index contributed by atoms with van der Waals surface area (Å²) in [7, 11) is 0. The van der Waals surface area contributed by atoms with Crippen LogP contribution in [0.15, 0.2) is 4.99 Å². The molecule has 3 amide bonds. The van der Waals surface area contributed by atoms with E-state index in [1.807, 2.05) is 0 Å². The normalized spacial score (nSPS) is 22.3. The summed E-state index contributed by atoms with van der Waals surface area (Å²) in [5.41, 5.74) is 10.5. The molecular weight excluding hydrogens is 456 g/mol. The fourth-order valence-electron chi connectivity index (χ4n) is 4.14. The molecule has 200 valence electrons. The molecule has 35 heavy (non-hydrogen) atoms. The summed E-state index contributed by atoms with van der Waals surface area (Å²) in [6.07, 6.45) is 3.10. The van der Waals surface area contributed by atoms with Crippen molar-refractivity contribution in [3.63, 3.8) is 0 Å². The minimum Gasteiger partial charge on any atom is -0.446 e. The number of guanidine groups is 1. The van der Waals surface area contributed by atoms with Crippen molar-refractivity contribution in [2.75, 3.05) is 13.2 Å². The third-order valence-electron chi connectivity index (χ3n) is 6.22. The molecule has 0 spiro atoms. The van der Waals surface area contributed by atoms with Crippen molar-refractivity contribution >= 4 is 30.2 Å². The predicted octanol–water partition coefficient (Wildman–Crippen LogP) is -0.224. The van der Waals surface area contributed by atoms with E-state index in [1.54, 1.807) is 0 Å². The fourth-order valence-corrected chi connectivity index (χ4v) is 4.14. The van der Waals surface area contributed by atoms with Gasteiger partial charge in [0.2, 0.25) is 11.8 Å². The Morgan fingerprint density at radius 3 is 2.37 bits per heavy atom. The third-order valence-corrected chi connectivity index (χ3v) is 6.22. The van der Waals surface area contributed by atoms with Gasteiger partial charge in [-0.1, -0.05) is 27.2 Å². The van der Waals surface area contributed by atoms with Crippen LogP contribution < -0.4 is 27.4 Å². The highest BCUT2D eigenvalue weighted by Gasteiger charge is 2.34. The number of nitrogens with two attached hydrogens (primary N) is 2. The first-order valence-electron chi connectivity index (χ1n) is 12.2. The van der Waals surface area contributed by atoms with Gasteiger partial charge in [-0.3, -0.25) is 14.6 Å². The third kappa shape index (κ3) is 10.9. The number of aliphatic imine (C=N–C) groups is 1. The Labute approximate surface area is 207 Å². The molecule has 0 aromatic rings. The van der Waals surface area contributed by atoms with E-state index in [2.05, 4.69) is 41.7 Å². The van der Waals surface area contributed by atoms with Gasteiger partial charge in [0.25, 0.3) is 0 Å². The molecule has 1 aliphatic carbocycles. The van der Waals surface area contributed by atoms with Crippen LogP contribution in [0.3, 0.4) is 0 Å². The molecule has 1 saturated carbocycles. The number of alkyl carbamates (subject to hydrolysis) is 1. The average Bonchev–Trinajstić information content (AvgIpc) is 2.78. The Morgan fingerprint density at radius 2 is 1.80 bits per heavy atom. The molecule has 12 heteroatoms. The van der Waals surface area contributed by atoms with Crippen LogP contribution in [0.5, 0.6) is 0 Å². The summed E-state index contributed by atoms with van der Waals surface area (Å²) in [6, 6.07) is -3.08. The minimum absolute atomic E-state index is 0.0583. The number of amides is 3. The van der Waals surface area contributed by atoms with Crippen LogP contribution in [0.4, 0.5) is 4.79 Å². The molecule has 0 heterocycles. The molecule has 8 N–H and O–H groups in total. The van der Waals surface area contributed by atoms with Crippen molar-refractivity contribution < 1.29 is 29.0 Å². The average molecular weight is 499 g/mol. The summed E-state index contributed by atoms with van der Waals surface area (Å²) in [5.74, 6) is -0.393. The van der Waals surface area contributed by atoms with Crippen LogP contribution in [-0.2, 0) is 19.1 Å². The Bertz CT molecular complexity index is 742. The van der Waals surface area contributed by atoms with Crippen molar-refractivity contribution in [3.05, 3.63) is 0 Å². The van der Waals surface area contributed by atoms with Crippen LogP contribution in [0, 0.1) is 17.8 Å². The molecule has 1 aliphatic rings. The fraction of sp³-hybridized carbons (Fsp3) is 0.783. The van der Waals surface area contributed by atoms with Crippen LogP contribution in [0.2, 0.25) is 0 Å². The van der Waals surface area contributed by atoms with Crippen LogP contribution >= 0.6 is 0 Å². The molecule has 0 aromatic carbocycles. The van der Waals surface area contributed by atoms with Crippen molar-refractivity contribution in [3.8, 4) is 0 Å². The zero-order valence-corrected chi connectivity index (χ0v) is 21.2. The highest BCUT2D eigenvalue weighted by atomic mass is 16.6. The number of aldehydes is 1. The van der Waals surface area contributed by atoms with Gasteiger partial charge in [-0.05, 0) is 50.4 Å². The van der Waals surface area contributed by atoms with E-state index in [1.165, 1.54) is 6.92 Å². The molecule has 0 aliphatic heterocycles. The van der Waals surface area contributed by atoms with Gasteiger partial charge in [0.1, 0.15) is 24.5 Å². The van der Waals surface area contributed by atoms with Gasteiger partial charge in [0, 0.05) is 6.54 Å². The zero-order chi connectivity index (χ0) is 26.5. The number of hydrogen-bond donors (Lipinski definition) is 6. The standard InChI is InChI=1S/C23H42N6O6/c1-13(2)17-8-7-14(3)10-19(17)35-23(34)29-18(12-31)21(33)27-15(4)20(32)28-16(11-30)6-5-9-26-22(24)25/h11,13-19,31H,5-10,12H2,1-4H3,(H,27,33)(H,28,32)(H,29,34)(H4,24,25,26)/t14-,15-,16-,17+,18+,19?/m0/s1. The summed E-state index contributed by atoms with van der Waals surface area (Å²) in [5, 5.41) is 17.0. The molecule has 1 rings (SSSR count). The van der Waals surface area contributed by atoms with Crippen molar-refractivity contribution in [2.24, 2.45) is 34.2 Å². The molecule has 0 bridgehead atoms. The monoisotopic (exact) mass is 498 g/mol. The highest BCUT2D eigenvalue weighted by molar-refractivity contribution is 5.91. The van der Waals surface area contributed by atoms with Gasteiger partial charge in [-0.2, -0.15) is 0 Å². The van der Waals surface area contributed by atoms with E-state index in [4.69, 9.17) is 16.2 Å². The first-order valence-corrected chi connectivity index (χ1v) is 12.2. The summed E-state index contributed by atoms with van der Waals surface area (Å²) >= 11 is 0. The predicted molar refractivity (Wildman–Crippen MR) is 131 cm³/mol. The lowest BCUT2D eigenvalue weighted by atomic mass is 9.75. The molecule has 0 radical (unpaired) electrons. The maximum atomic E-state index is 12.5. The molecule has 1 unspecified atom stereocenters. The molecular formula is C23H42N6O6. The van der Waals surface area contributed by atoms with E-state index in [0.717, 1.165) is 19.3 Å². The van der Waals surface area contributed by atoms with Crippen LogP contribution in [-0.4, -0.2) is 72.6 Å². The second-order valence-corrected chi connectivity index (χ2v) is 9.58. The second-order valence-electron chi connectivity index (χ2n) is 9.58. The Morgan fingerprint density at radius 1 is 1.11 bits per heavy atom. The number of aliphatic hydroxyl groups is 1. The summed E-state index contributed by atoms with van der Waals surface area (Å²) in [4.78, 5) is 52.5. The lowest BCUT2D eigenvalue weighted by Gasteiger charge is -2.36. The Hall–Kier alpha value is -2.89. The number of carbonyl (C=O) groups excluding carboxylic acids is 4. The van der Waals surface area contributed by atoms with E-state index in [-0.39, 0.29) is 18.0 Å². The quantitative estimate of drug-likeness (QED) is 0.0866. The SMILES string of the molecule is CC(C)[C@H]1CC[C@H](C)CC1OC(=O)N[C@H](CO)C(=O)N[C@@H](C)C(=O)N[C@H](C=O)CCCN=C(N)N. The number of carbonyl (C=O) groups is 4. The minimum atomic E-state index is -1.29. The first kappa shape index (κ1) is 30.1. The first-order chi connectivity index (χ1) is 16.5. The lowest BCUT2D eigenvalue weighted by molar-refractivity contribution is -0.131. The van der Waals surface area contributed by atoms with Gasteiger partial charge in [0.15, 0.2) is 5.96 Å². The molecule has 1 fully saturated rings. The Balaban J connectivity index is 2.57. The van der Waals surface area contributed by atoms with Crippen LogP contribution in [0.25, 0.3) is 0 Å². The van der Waals surface area contributed by atoms with E-state index in [9.17, 15) is 24.3 Å². The lowest BCUT2D eigenvalue weighted by Crippen LogP contribution is -2.55. The van der Waals surface area contributed by atoms with E-state index in [0.29, 0.717) is 37.5 Å². The highest BCUT2D eigenvalue weighted by Crippen LogP contribution is 2.35. The number of rotatable bonds is 13. The summed E-state index contributed by atoms with van der Waals surface area (Å²) < 4.78 is 5.62. The Kier molecular flexibility index (Phi) is 13.1. The molecule has 6 atom stereocenters. The van der Waals surface area contributed by atoms with Gasteiger partial charge >= 0.3 is 6.09 Å². The summed E-state index contributed by atoms with van der Waals surface area (Å²) in [6.45, 7) is 7.35. The molecule has 0 aromatic heterocycles. The van der Waals surface area contributed by atoms with Gasteiger partial charge in [-0.25, -0.2) is 4.79 Å². The second kappa shape index (κ2) is 15.2. The smallest absolute Gasteiger partial charge is 0.408 e. The van der Waals surface area contributed by atoms with E-state index >= 15 is 0 Å². The molecule has 0 saturated heterocycles. The topological polar surface area (TPSA) is 198 Å². The number of hydrogen-bond acceptors (Lipinski definition) is 7. The molecule has 12 nitrogen and oxygen atoms in total. The number of nitrogens with one attached hydrogen (secondary N) is 3. The zero-order valence-electron chi connectivity index (χ0n) is 21.2. The largest absolute Gasteiger partial charge is 0.446 e. The van der Waals surface area contributed by atoms with Crippen LogP contribution in [0.1, 0.15) is 59.8 Å². The number of aliphatic hydroxyl groups excluding tert-OH is 1. The van der Waals surface area contributed by atoms with E-state index < -0.39 is 42.6 Å². The van der Waals surface area contributed by atoms with Gasteiger partial charge in [0.05, 0.1) is 12.6 Å². The van der Waals surface area contributed by atoms with Crippen molar-refractivity contribution in [2.45, 2.75) is 84.0 Å². The van der Waals surface area contributed by atoms with Crippen molar-refractivity contribution in [1.82, 2.24) is 16.0 Å². The number of ether oxygens (including phenoxy) is 1. The maximum absolute atomic E-state index is 12.5. The van der Waals surface area contributed by atoms with Gasteiger partial charge in [-0.15, -0.1) is 0 Å². The van der Waals surface area contributed by atoms with Crippen molar-refractivity contribution in [1.29, 1.82) is 0 Å². The number of nitrogens with zero attached hydrogens (tertiary/aromatic N) is 1.